The van der Waals surface area contributed by atoms with Gasteiger partial charge in [0.2, 0.25) is 0 Å². The average molecular weight is 292 g/mol. The van der Waals surface area contributed by atoms with Crippen molar-refractivity contribution in [3.8, 4) is 0 Å². The molecule has 1 saturated heterocycles. The molecule has 0 aromatic heterocycles. The molecule has 6 nitrogen and oxygen atoms in total. The lowest BCUT2D eigenvalue weighted by molar-refractivity contribution is -0.140. The number of nitrogens with zero attached hydrogens (tertiary/aromatic N) is 2. The number of carbonyl (C=O) groups excluding carboxylic acids is 1. The molecule has 1 fully saturated rings. The van der Waals surface area contributed by atoms with Gasteiger partial charge in [-0.15, -0.1) is 0 Å². The van der Waals surface area contributed by atoms with Crippen LogP contribution in [0.1, 0.15) is 33.1 Å². The van der Waals surface area contributed by atoms with Gasteiger partial charge in [-0.05, 0) is 25.7 Å². The van der Waals surface area contributed by atoms with E-state index in [-0.39, 0.29) is 19.0 Å². The summed E-state index contributed by atoms with van der Waals surface area (Å²) in [6, 6.07) is 0.00864. The third-order valence-electron chi connectivity index (χ3n) is 3.63. The summed E-state index contributed by atoms with van der Waals surface area (Å²) in [5, 5.41) is 0. The maximum atomic E-state index is 12.4. The molecule has 1 aliphatic heterocycles. The molecule has 0 N–H and O–H groups in total. The maximum Gasteiger partial charge on any atom is 0.306 e. The molecule has 0 aromatic carbocycles. The van der Waals surface area contributed by atoms with Crippen molar-refractivity contribution in [3.05, 3.63) is 0 Å². The van der Waals surface area contributed by atoms with Crippen LogP contribution in [0.25, 0.3) is 0 Å². The number of rotatable bonds is 5. The normalized spacial score (nSPS) is 25.5. The van der Waals surface area contributed by atoms with Crippen LogP contribution in [0.5, 0.6) is 0 Å². The minimum atomic E-state index is -3.48. The Kier molecular flexibility index (Phi) is 5.76. The molecule has 1 aliphatic rings. The van der Waals surface area contributed by atoms with Crippen LogP contribution in [0.4, 0.5) is 0 Å². The Morgan fingerprint density at radius 3 is 2.58 bits per heavy atom. The highest BCUT2D eigenvalue weighted by atomic mass is 32.2. The highest BCUT2D eigenvalue weighted by Crippen LogP contribution is 2.25. The fourth-order valence-corrected chi connectivity index (χ4v) is 3.93. The van der Waals surface area contributed by atoms with Crippen molar-refractivity contribution in [3.63, 3.8) is 0 Å². The van der Waals surface area contributed by atoms with Gasteiger partial charge in [-0.25, -0.2) is 0 Å². The fourth-order valence-electron chi connectivity index (χ4n) is 2.37. The Balaban J connectivity index is 2.66. The van der Waals surface area contributed by atoms with Gasteiger partial charge in [0.25, 0.3) is 10.2 Å². The van der Waals surface area contributed by atoms with E-state index in [1.54, 1.807) is 0 Å². The second kappa shape index (κ2) is 6.67. The Hall–Kier alpha value is -0.660. The molecule has 0 saturated carbocycles. The number of methoxy groups -OCH3 is 1. The van der Waals surface area contributed by atoms with Crippen molar-refractivity contribution in [1.82, 2.24) is 8.61 Å². The third-order valence-corrected chi connectivity index (χ3v) is 5.73. The van der Waals surface area contributed by atoms with Crippen LogP contribution < -0.4 is 0 Å². The molecule has 1 rings (SSSR count). The van der Waals surface area contributed by atoms with Gasteiger partial charge >= 0.3 is 5.97 Å². The van der Waals surface area contributed by atoms with Gasteiger partial charge in [0, 0.05) is 26.2 Å². The largest absolute Gasteiger partial charge is 0.469 e. The van der Waals surface area contributed by atoms with E-state index in [0.717, 1.165) is 12.8 Å². The molecule has 2 unspecified atom stereocenters. The topological polar surface area (TPSA) is 66.9 Å². The number of piperidine rings is 1. The molecule has 0 spiro atoms. The first-order valence-corrected chi connectivity index (χ1v) is 7.98. The highest BCUT2D eigenvalue weighted by Gasteiger charge is 2.34. The molecule has 7 heteroatoms. The molecule has 0 aliphatic carbocycles. The third kappa shape index (κ3) is 4.15. The number of ether oxygens (including phenoxy) is 1. The molecule has 2 atom stereocenters. The maximum absolute atomic E-state index is 12.4. The summed E-state index contributed by atoms with van der Waals surface area (Å²) in [7, 11) is -0.680. The predicted octanol–water partition coefficient (Wildman–Crippen LogP) is 0.846. The van der Waals surface area contributed by atoms with E-state index < -0.39 is 16.2 Å². The van der Waals surface area contributed by atoms with Gasteiger partial charge in [0.1, 0.15) is 0 Å². The molecular formula is C12H24N2O4S. The van der Waals surface area contributed by atoms with Gasteiger partial charge in [0.05, 0.1) is 13.5 Å². The summed E-state index contributed by atoms with van der Waals surface area (Å²) in [4.78, 5) is 11.1. The molecular weight excluding hydrogens is 268 g/mol. The zero-order valence-electron chi connectivity index (χ0n) is 12.1. The van der Waals surface area contributed by atoms with Gasteiger partial charge < -0.3 is 4.74 Å². The molecule has 0 amide bonds. The van der Waals surface area contributed by atoms with Crippen LogP contribution in [0.2, 0.25) is 0 Å². The van der Waals surface area contributed by atoms with Crippen molar-refractivity contribution in [1.29, 1.82) is 0 Å². The summed E-state index contributed by atoms with van der Waals surface area (Å²) in [6.07, 6.45) is 1.84. The first-order chi connectivity index (χ1) is 8.78. The standard InChI is InChI=1S/C12H24N2O4S/c1-10-5-8-14(11(2)9-10)19(16,17)13(3)7-6-12(15)18-4/h10-11H,5-9H2,1-4H3. The molecule has 0 bridgehead atoms. The van der Waals surface area contributed by atoms with E-state index in [1.807, 2.05) is 6.92 Å². The van der Waals surface area contributed by atoms with Crippen LogP contribution in [-0.2, 0) is 19.7 Å². The van der Waals surface area contributed by atoms with E-state index in [1.165, 1.54) is 22.8 Å². The zero-order valence-corrected chi connectivity index (χ0v) is 12.9. The van der Waals surface area contributed by atoms with E-state index in [4.69, 9.17) is 0 Å². The smallest absolute Gasteiger partial charge is 0.306 e. The number of hydrogen-bond donors (Lipinski definition) is 0. The van der Waals surface area contributed by atoms with Crippen molar-refractivity contribution in [2.75, 3.05) is 27.2 Å². The van der Waals surface area contributed by atoms with E-state index in [0.29, 0.717) is 12.5 Å². The van der Waals surface area contributed by atoms with Crippen molar-refractivity contribution < 1.29 is 17.9 Å². The van der Waals surface area contributed by atoms with Crippen LogP contribution in [-0.4, -0.2) is 56.3 Å². The summed E-state index contributed by atoms with van der Waals surface area (Å²) in [5.41, 5.74) is 0. The van der Waals surface area contributed by atoms with E-state index in [2.05, 4.69) is 11.7 Å². The SMILES string of the molecule is COC(=O)CCN(C)S(=O)(=O)N1CCC(C)CC1C. The van der Waals surface area contributed by atoms with Crippen LogP contribution in [0.3, 0.4) is 0 Å². The highest BCUT2D eigenvalue weighted by molar-refractivity contribution is 7.86. The second-order valence-electron chi connectivity index (χ2n) is 5.24. The lowest BCUT2D eigenvalue weighted by Crippen LogP contribution is -2.50. The van der Waals surface area contributed by atoms with Gasteiger partial charge in [0.15, 0.2) is 0 Å². The van der Waals surface area contributed by atoms with Gasteiger partial charge in [-0.1, -0.05) is 6.92 Å². The zero-order chi connectivity index (χ0) is 14.6. The van der Waals surface area contributed by atoms with Crippen LogP contribution >= 0.6 is 0 Å². The van der Waals surface area contributed by atoms with E-state index >= 15 is 0 Å². The predicted molar refractivity (Wildman–Crippen MR) is 72.7 cm³/mol. The number of esters is 1. The fraction of sp³-hybridized carbons (Fsp3) is 0.917. The monoisotopic (exact) mass is 292 g/mol. The van der Waals surface area contributed by atoms with Crippen LogP contribution in [0, 0.1) is 5.92 Å². The van der Waals surface area contributed by atoms with Crippen molar-refractivity contribution in [2.45, 2.75) is 39.2 Å². The van der Waals surface area contributed by atoms with Crippen molar-refractivity contribution in [2.24, 2.45) is 5.92 Å². The van der Waals surface area contributed by atoms with E-state index in [9.17, 15) is 13.2 Å². The first kappa shape index (κ1) is 16.4. The summed E-state index contributed by atoms with van der Waals surface area (Å²) in [6.45, 7) is 4.77. The molecule has 0 radical (unpaired) electrons. The summed E-state index contributed by atoms with van der Waals surface area (Å²) < 4.78 is 32.1. The van der Waals surface area contributed by atoms with Gasteiger partial charge in [-0.2, -0.15) is 17.0 Å². The molecule has 19 heavy (non-hydrogen) atoms. The van der Waals surface area contributed by atoms with Gasteiger partial charge in [-0.3, -0.25) is 4.79 Å². The summed E-state index contributed by atoms with van der Waals surface area (Å²) in [5.74, 6) is 0.157. The Bertz CT molecular complexity index is 410. The Labute approximate surface area is 115 Å². The number of carbonyl (C=O) groups is 1. The van der Waals surface area contributed by atoms with Crippen LogP contribution in [0.15, 0.2) is 0 Å². The average Bonchev–Trinajstić information content (AvgIpc) is 2.34. The minimum Gasteiger partial charge on any atom is -0.469 e. The summed E-state index contributed by atoms with van der Waals surface area (Å²) >= 11 is 0. The molecule has 1 heterocycles. The molecule has 112 valence electrons. The minimum absolute atomic E-state index is 0.00864. The Morgan fingerprint density at radius 2 is 2.05 bits per heavy atom. The molecule has 0 aromatic rings. The Morgan fingerprint density at radius 1 is 1.42 bits per heavy atom. The van der Waals surface area contributed by atoms with Crippen molar-refractivity contribution >= 4 is 16.2 Å². The lowest BCUT2D eigenvalue weighted by atomic mass is 9.95. The second-order valence-corrected chi connectivity index (χ2v) is 7.23. The lowest BCUT2D eigenvalue weighted by Gasteiger charge is -2.37. The first-order valence-electron chi connectivity index (χ1n) is 6.59. The quantitative estimate of drug-likeness (QED) is 0.705. The number of hydrogen-bond acceptors (Lipinski definition) is 4.